The van der Waals surface area contributed by atoms with Crippen molar-refractivity contribution in [2.24, 2.45) is 0 Å². The lowest BCUT2D eigenvalue weighted by molar-refractivity contribution is -0.167. The largest absolute Gasteiger partial charge is 0.462 e. The van der Waals surface area contributed by atoms with Gasteiger partial charge in [-0.1, -0.05) is 269 Å². The summed E-state index contributed by atoms with van der Waals surface area (Å²) in [6.07, 6.45) is 92.5. The number of ether oxygens (including phenoxy) is 3. The monoisotopic (exact) mass is 1060 g/mol. The second-order valence-corrected chi connectivity index (χ2v) is 19.9. The number of hydrogen-bond acceptors (Lipinski definition) is 6. The van der Waals surface area contributed by atoms with Crippen molar-refractivity contribution in [3.8, 4) is 0 Å². The van der Waals surface area contributed by atoms with Crippen molar-refractivity contribution in [1.82, 2.24) is 0 Å². The van der Waals surface area contributed by atoms with Crippen molar-refractivity contribution < 1.29 is 28.6 Å². The van der Waals surface area contributed by atoms with Crippen molar-refractivity contribution in [1.29, 1.82) is 0 Å². The van der Waals surface area contributed by atoms with Crippen LogP contribution in [0.3, 0.4) is 0 Å². The summed E-state index contributed by atoms with van der Waals surface area (Å²) in [6, 6.07) is 0. The molecule has 0 aromatic rings. The van der Waals surface area contributed by atoms with E-state index in [2.05, 4.69) is 179 Å². The van der Waals surface area contributed by atoms with E-state index in [0.717, 1.165) is 122 Å². The number of carbonyl (C=O) groups excluding carboxylic acids is 3. The maximum absolute atomic E-state index is 12.9. The molecule has 432 valence electrons. The third kappa shape index (κ3) is 61.8. The Morgan fingerprint density at radius 3 is 0.844 bits per heavy atom. The molecular weight excluding hydrogens is 949 g/mol. The van der Waals surface area contributed by atoms with E-state index < -0.39 is 6.10 Å². The van der Waals surface area contributed by atoms with E-state index in [1.165, 1.54) is 77.0 Å². The van der Waals surface area contributed by atoms with E-state index in [-0.39, 0.29) is 44.0 Å². The molecule has 0 heterocycles. The van der Waals surface area contributed by atoms with Crippen LogP contribution < -0.4 is 0 Å². The van der Waals surface area contributed by atoms with Crippen molar-refractivity contribution in [2.75, 3.05) is 13.2 Å². The zero-order valence-corrected chi connectivity index (χ0v) is 49.4. The zero-order chi connectivity index (χ0) is 55.7. The minimum absolute atomic E-state index is 0.117. The Kier molecular flexibility index (Phi) is 59.5. The highest BCUT2D eigenvalue weighted by atomic mass is 16.6. The standard InChI is InChI=1S/C71H112O6/c1-4-7-10-13-16-19-22-25-28-29-30-31-32-33-34-35-36-37-38-39-40-41-44-46-49-52-55-58-61-64-70(73)76-67-68(77-71(74)65-62-59-56-53-50-47-43-27-24-21-18-15-12-9-6-3)66-75-69(72)63-60-57-54-51-48-45-42-26-23-20-17-14-11-8-5-2/h7,9-10,12,16,18-19,21,25,27-28,30-31,33-34,36-37,39-40,43-44,46,50,52-53,55,68H,4-6,8,11,13-15,17,20,22-24,26,29,32,35,38,41-42,45,47-49,51,54,56-67H2,1-3H3/b10-7-,12-9-,19-16-,21-18-,28-25-,31-30-,34-33-,37-36-,40-39-,43-27-,46-44-,53-50-,55-52-. The molecule has 0 aliphatic heterocycles. The van der Waals surface area contributed by atoms with E-state index >= 15 is 0 Å². The lowest BCUT2D eigenvalue weighted by Gasteiger charge is -2.18. The van der Waals surface area contributed by atoms with Crippen molar-refractivity contribution in [3.05, 3.63) is 158 Å². The van der Waals surface area contributed by atoms with Gasteiger partial charge in [0.05, 0.1) is 0 Å². The fourth-order valence-corrected chi connectivity index (χ4v) is 7.96. The van der Waals surface area contributed by atoms with Gasteiger partial charge in [-0.25, -0.2) is 0 Å². The molecule has 0 amide bonds. The molecule has 0 aliphatic rings. The van der Waals surface area contributed by atoms with E-state index in [0.29, 0.717) is 19.3 Å². The third-order valence-electron chi connectivity index (χ3n) is 12.5. The summed E-state index contributed by atoms with van der Waals surface area (Å²) in [5, 5.41) is 0. The van der Waals surface area contributed by atoms with Crippen LogP contribution in [-0.4, -0.2) is 37.2 Å². The van der Waals surface area contributed by atoms with Crippen LogP contribution in [-0.2, 0) is 28.6 Å². The van der Waals surface area contributed by atoms with Crippen LogP contribution in [0.25, 0.3) is 0 Å². The first-order valence-corrected chi connectivity index (χ1v) is 31.0. The first-order chi connectivity index (χ1) is 38.0. The Balaban J connectivity index is 4.49. The topological polar surface area (TPSA) is 78.9 Å². The molecule has 0 saturated heterocycles. The average molecular weight is 1060 g/mol. The molecule has 0 aromatic heterocycles. The molecule has 0 N–H and O–H groups in total. The van der Waals surface area contributed by atoms with Crippen molar-refractivity contribution >= 4 is 17.9 Å². The Bertz CT molecular complexity index is 1740. The summed E-state index contributed by atoms with van der Waals surface area (Å²) in [7, 11) is 0. The van der Waals surface area contributed by atoms with Crippen molar-refractivity contribution in [3.63, 3.8) is 0 Å². The summed E-state index contributed by atoms with van der Waals surface area (Å²) in [4.78, 5) is 38.2. The first-order valence-electron chi connectivity index (χ1n) is 31.0. The molecule has 0 spiro atoms. The fraction of sp³-hybridized carbons (Fsp3) is 0.592. The van der Waals surface area contributed by atoms with Gasteiger partial charge in [0.2, 0.25) is 0 Å². The highest BCUT2D eigenvalue weighted by Gasteiger charge is 2.19. The van der Waals surface area contributed by atoms with Crippen LogP contribution in [0.1, 0.15) is 252 Å². The number of carbonyl (C=O) groups is 3. The Morgan fingerprint density at radius 2 is 0.519 bits per heavy atom. The van der Waals surface area contributed by atoms with Gasteiger partial charge in [-0.15, -0.1) is 0 Å². The normalized spacial score (nSPS) is 13.2. The summed E-state index contributed by atoms with van der Waals surface area (Å²) in [6.45, 7) is 6.33. The lowest BCUT2D eigenvalue weighted by Crippen LogP contribution is -2.30. The van der Waals surface area contributed by atoms with Gasteiger partial charge in [0.15, 0.2) is 6.10 Å². The number of hydrogen-bond donors (Lipinski definition) is 0. The minimum Gasteiger partial charge on any atom is -0.462 e. The SMILES string of the molecule is CC/C=C\C/C=C\C/C=C\C/C=C\C/C=C\C/C=C\C/C=C\C/C=C\C/C=C\CCCC(=O)OCC(COC(=O)CCCCCCCCCCCCCCCCC)OC(=O)CCCC/C=C\C/C=C\C/C=C\C/C=C\CC. The van der Waals surface area contributed by atoms with Gasteiger partial charge in [0, 0.05) is 19.3 Å². The van der Waals surface area contributed by atoms with Crippen LogP contribution in [0.4, 0.5) is 0 Å². The fourth-order valence-electron chi connectivity index (χ4n) is 7.96. The van der Waals surface area contributed by atoms with Gasteiger partial charge in [0.1, 0.15) is 13.2 Å². The first kappa shape index (κ1) is 72.0. The smallest absolute Gasteiger partial charge is 0.306 e. The molecule has 0 fully saturated rings. The predicted octanol–water partition coefficient (Wildman–Crippen LogP) is 21.3. The molecule has 6 heteroatoms. The van der Waals surface area contributed by atoms with Gasteiger partial charge >= 0.3 is 17.9 Å². The van der Waals surface area contributed by atoms with E-state index in [4.69, 9.17) is 14.2 Å². The molecule has 77 heavy (non-hydrogen) atoms. The van der Waals surface area contributed by atoms with Crippen LogP contribution in [0.2, 0.25) is 0 Å². The highest BCUT2D eigenvalue weighted by molar-refractivity contribution is 5.71. The van der Waals surface area contributed by atoms with Crippen LogP contribution in [0, 0.1) is 0 Å². The molecule has 0 saturated carbocycles. The average Bonchev–Trinajstić information content (AvgIpc) is 3.43. The molecule has 1 unspecified atom stereocenters. The number of unbranched alkanes of at least 4 members (excludes halogenated alkanes) is 17. The maximum atomic E-state index is 12.9. The quantitative estimate of drug-likeness (QED) is 0.0261. The highest BCUT2D eigenvalue weighted by Crippen LogP contribution is 2.15. The molecule has 0 bridgehead atoms. The number of allylic oxidation sites excluding steroid dienone is 26. The Morgan fingerprint density at radius 1 is 0.273 bits per heavy atom. The Labute approximate surface area is 473 Å². The van der Waals surface area contributed by atoms with Crippen LogP contribution >= 0.6 is 0 Å². The molecular formula is C71H112O6. The van der Waals surface area contributed by atoms with Gasteiger partial charge < -0.3 is 14.2 Å². The summed E-state index contributed by atoms with van der Waals surface area (Å²) in [5.74, 6) is -1.03. The predicted molar refractivity (Wildman–Crippen MR) is 334 cm³/mol. The minimum atomic E-state index is -0.830. The molecule has 0 rings (SSSR count). The van der Waals surface area contributed by atoms with Gasteiger partial charge in [-0.05, 0) is 122 Å². The summed E-state index contributed by atoms with van der Waals surface area (Å²) in [5.41, 5.74) is 0. The summed E-state index contributed by atoms with van der Waals surface area (Å²) >= 11 is 0. The molecule has 0 aliphatic carbocycles. The zero-order valence-electron chi connectivity index (χ0n) is 49.4. The van der Waals surface area contributed by atoms with Gasteiger partial charge in [-0.2, -0.15) is 0 Å². The van der Waals surface area contributed by atoms with Crippen molar-refractivity contribution in [2.45, 2.75) is 258 Å². The molecule has 0 aromatic carbocycles. The maximum Gasteiger partial charge on any atom is 0.306 e. The molecule has 0 radical (unpaired) electrons. The molecule has 1 atom stereocenters. The van der Waals surface area contributed by atoms with E-state index in [1.54, 1.807) is 0 Å². The van der Waals surface area contributed by atoms with E-state index in [9.17, 15) is 14.4 Å². The third-order valence-corrected chi connectivity index (χ3v) is 12.5. The lowest BCUT2D eigenvalue weighted by atomic mass is 10.0. The summed E-state index contributed by atoms with van der Waals surface area (Å²) < 4.78 is 16.8. The number of rotatable bonds is 54. The van der Waals surface area contributed by atoms with Gasteiger partial charge in [-0.3, -0.25) is 14.4 Å². The number of esters is 3. The second kappa shape index (κ2) is 63.6. The van der Waals surface area contributed by atoms with Crippen LogP contribution in [0.15, 0.2) is 158 Å². The Hall–Kier alpha value is -4.97. The molecule has 6 nitrogen and oxygen atoms in total. The van der Waals surface area contributed by atoms with Gasteiger partial charge in [0.25, 0.3) is 0 Å². The van der Waals surface area contributed by atoms with E-state index in [1.807, 2.05) is 0 Å². The van der Waals surface area contributed by atoms with Crippen LogP contribution in [0.5, 0.6) is 0 Å². The second-order valence-electron chi connectivity index (χ2n) is 19.9.